The Kier molecular flexibility index (Phi) is 12.6. The minimum atomic E-state index is -5.48. The number of ether oxygens (including phenoxy) is 5. The predicted molar refractivity (Wildman–Crippen MR) is 131 cm³/mol. The highest BCUT2D eigenvalue weighted by atomic mass is 32.3. The molecule has 0 unspecified atom stereocenters. The first-order valence-electron chi connectivity index (χ1n) is 12.4. The van der Waals surface area contributed by atoms with Gasteiger partial charge in [-0.1, -0.05) is 0 Å². The Morgan fingerprint density at radius 3 is 1.58 bits per heavy atom. The molecule has 0 saturated carbocycles. The fraction of sp³-hybridized carbons (Fsp3) is 1.00. The van der Waals surface area contributed by atoms with E-state index in [-0.39, 0.29) is 0 Å². The second-order valence-corrected chi connectivity index (χ2v) is 13.1. The fourth-order valence-electron chi connectivity index (χ4n) is 4.51. The molecule has 45 heavy (non-hydrogen) atoms. The van der Waals surface area contributed by atoms with E-state index in [1.807, 2.05) is 0 Å². The number of aliphatic hydroxyl groups is 7. The number of hydrogen-bond acceptors (Lipinski definition) is 21. The van der Waals surface area contributed by atoms with E-state index in [1.54, 1.807) is 0 Å². The standard InChI is InChI=1S/C18H32O24S3/c1-4-7(19)9(21)10(22)17(37-4)41-15-11(23)16(25)38-6(3-36-44(29,30)31)13(15)40-18-12(24)14(42-45(32,33)34)8(20)5(39-18)2-35-43(26,27)28/h4-25H,2-3H2,1H3,(H,26,27,28)(H,29,30,31)(H,32,33,34)/t4-,5+,6+,7+,8-,9+,10-,11+,12+,13+,14-,15+,16+,17-,18-/m0/s1. The zero-order chi connectivity index (χ0) is 34.2. The lowest BCUT2D eigenvalue weighted by molar-refractivity contribution is -0.381. The van der Waals surface area contributed by atoms with Crippen molar-refractivity contribution in [1.82, 2.24) is 0 Å². The quantitative estimate of drug-likeness (QED) is 0.0834. The lowest BCUT2D eigenvalue weighted by atomic mass is 9.96. The van der Waals surface area contributed by atoms with Crippen LogP contribution >= 0.6 is 0 Å². The van der Waals surface area contributed by atoms with Crippen molar-refractivity contribution in [3.05, 3.63) is 0 Å². The molecule has 3 fully saturated rings. The summed E-state index contributed by atoms with van der Waals surface area (Å²) in [5.41, 5.74) is 0. The highest BCUT2D eigenvalue weighted by Gasteiger charge is 2.55. The third-order valence-electron chi connectivity index (χ3n) is 6.66. The van der Waals surface area contributed by atoms with Gasteiger partial charge in [0.2, 0.25) is 0 Å². The molecule has 0 amide bonds. The van der Waals surface area contributed by atoms with Crippen LogP contribution in [0.1, 0.15) is 6.92 Å². The molecule has 266 valence electrons. The molecule has 0 aliphatic carbocycles. The minimum Gasteiger partial charge on any atom is -0.388 e. The van der Waals surface area contributed by atoms with Crippen molar-refractivity contribution < 1.29 is 111 Å². The van der Waals surface area contributed by atoms with Gasteiger partial charge in [-0.25, -0.2) is 12.5 Å². The zero-order valence-corrected chi connectivity index (χ0v) is 24.9. The number of rotatable bonds is 12. The van der Waals surface area contributed by atoms with E-state index in [0.717, 1.165) is 0 Å². The molecule has 3 heterocycles. The van der Waals surface area contributed by atoms with Gasteiger partial charge in [0.1, 0.15) is 67.1 Å². The van der Waals surface area contributed by atoms with Crippen molar-refractivity contribution in [1.29, 1.82) is 0 Å². The molecular weight excluding hydrogens is 696 g/mol. The van der Waals surface area contributed by atoms with Crippen LogP contribution in [0, 0.1) is 0 Å². The molecule has 3 saturated heterocycles. The van der Waals surface area contributed by atoms with E-state index in [4.69, 9.17) is 37.3 Å². The maximum absolute atomic E-state index is 11.4. The molecule has 0 radical (unpaired) electrons. The van der Waals surface area contributed by atoms with Gasteiger partial charge < -0.3 is 59.4 Å². The average Bonchev–Trinajstić information content (AvgIpc) is 2.90. The second-order valence-electron chi connectivity index (χ2n) is 9.88. The van der Waals surface area contributed by atoms with Crippen LogP contribution in [0.25, 0.3) is 0 Å². The van der Waals surface area contributed by atoms with Crippen molar-refractivity contribution in [2.45, 2.75) is 99.0 Å². The summed E-state index contributed by atoms with van der Waals surface area (Å²) in [4.78, 5) is 0. The molecule has 0 spiro atoms. The van der Waals surface area contributed by atoms with Crippen LogP contribution in [0.2, 0.25) is 0 Å². The van der Waals surface area contributed by atoms with E-state index in [1.165, 1.54) is 6.92 Å². The van der Waals surface area contributed by atoms with Crippen molar-refractivity contribution >= 4 is 31.2 Å². The summed E-state index contributed by atoms with van der Waals surface area (Å²) >= 11 is 0. The molecule has 0 aromatic heterocycles. The molecule has 0 aromatic rings. The van der Waals surface area contributed by atoms with Crippen molar-refractivity contribution in [3.63, 3.8) is 0 Å². The summed E-state index contributed by atoms with van der Waals surface area (Å²) in [6, 6.07) is 0. The molecule has 27 heteroatoms. The summed E-state index contributed by atoms with van der Waals surface area (Å²) in [5.74, 6) is 0. The molecule has 3 aliphatic heterocycles. The van der Waals surface area contributed by atoms with Gasteiger partial charge in [-0.15, -0.1) is 0 Å². The van der Waals surface area contributed by atoms with E-state index >= 15 is 0 Å². The van der Waals surface area contributed by atoms with E-state index in [2.05, 4.69) is 12.5 Å². The first-order valence-corrected chi connectivity index (χ1v) is 16.5. The van der Waals surface area contributed by atoms with Gasteiger partial charge in [-0.2, -0.15) is 25.3 Å². The summed E-state index contributed by atoms with van der Waals surface area (Å²) in [5, 5.41) is 72.6. The topological polar surface area (TPSA) is 379 Å². The van der Waals surface area contributed by atoms with Gasteiger partial charge in [-0.05, 0) is 6.92 Å². The van der Waals surface area contributed by atoms with Crippen LogP contribution in [0.15, 0.2) is 0 Å². The average molecular weight is 729 g/mol. The molecule has 15 atom stereocenters. The van der Waals surface area contributed by atoms with Crippen LogP contribution in [-0.4, -0.2) is 180 Å². The first-order chi connectivity index (χ1) is 20.5. The third-order valence-corrected chi connectivity index (χ3v) is 7.99. The van der Waals surface area contributed by atoms with Crippen LogP contribution in [0.5, 0.6) is 0 Å². The molecule has 0 bridgehead atoms. The molecular formula is C18H32O24S3. The van der Waals surface area contributed by atoms with E-state index in [9.17, 15) is 61.0 Å². The van der Waals surface area contributed by atoms with Crippen molar-refractivity contribution in [2.24, 2.45) is 0 Å². The summed E-state index contributed by atoms with van der Waals surface area (Å²) in [6.45, 7) is -1.33. The molecule has 24 nitrogen and oxygen atoms in total. The predicted octanol–water partition coefficient (Wildman–Crippen LogP) is -7.06. The largest absolute Gasteiger partial charge is 0.397 e. The van der Waals surface area contributed by atoms with Crippen LogP contribution in [-0.2, 0) is 67.4 Å². The van der Waals surface area contributed by atoms with Crippen LogP contribution in [0.3, 0.4) is 0 Å². The molecule has 3 rings (SSSR count). The maximum atomic E-state index is 11.4. The molecule has 3 aliphatic rings. The highest BCUT2D eigenvalue weighted by molar-refractivity contribution is 7.81. The lowest BCUT2D eigenvalue weighted by Crippen LogP contribution is -2.67. The monoisotopic (exact) mass is 728 g/mol. The van der Waals surface area contributed by atoms with E-state index < -0.39 is 137 Å². The van der Waals surface area contributed by atoms with Crippen LogP contribution < -0.4 is 0 Å². The fourth-order valence-corrected chi connectivity index (χ4v) is 5.63. The Morgan fingerprint density at radius 2 is 1.04 bits per heavy atom. The van der Waals surface area contributed by atoms with Crippen molar-refractivity contribution in [3.8, 4) is 0 Å². The minimum absolute atomic E-state index is 1.22. The highest BCUT2D eigenvalue weighted by Crippen LogP contribution is 2.34. The Hall–Kier alpha value is -0.870. The number of hydrogen-bond donors (Lipinski definition) is 10. The van der Waals surface area contributed by atoms with Gasteiger partial charge in [0, 0.05) is 0 Å². The van der Waals surface area contributed by atoms with Crippen molar-refractivity contribution in [2.75, 3.05) is 13.2 Å². The Labute approximate surface area is 254 Å². The van der Waals surface area contributed by atoms with Crippen LogP contribution in [0.4, 0.5) is 0 Å². The van der Waals surface area contributed by atoms with Gasteiger partial charge in [0.15, 0.2) is 18.9 Å². The van der Waals surface area contributed by atoms with Gasteiger partial charge >= 0.3 is 31.2 Å². The molecule has 0 aromatic carbocycles. The Balaban J connectivity index is 2.00. The number of aliphatic hydroxyl groups excluding tert-OH is 7. The smallest absolute Gasteiger partial charge is 0.388 e. The second kappa shape index (κ2) is 14.7. The Bertz CT molecular complexity index is 1310. The lowest BCUT2D eigenvalue weighted by Gasteiger charge is -2.48. The molecule has 10 N–H and O–H groups in total. The first kappa shape index (κ1) is 38.6. The van der Waals surface area contributed by atoms with Gasteiger partial charge in [0.05, 0.1) is 19.3 Å². The maximum Gasteiger partial charge on any atom is 0.397 e. The third kappa shape index (κ3) is 10.3. The summed E-state index contributed by atoms with van der Waals surface area (Å²) in [6.07, 6.45) is -31.1. The SMILES string of the molecule is C[C@@H]1O[C@@H](O[C@@H]2[C@@H](O)[C@H](O)O[C@H](COS(=O)(=O)O)[C@H]2O[C@@H]2O[C@H](COS(=O)(=O)O)[C@H](O)[C@H](OS(=O)(=O)O)[C@H]2O)[C@@H](O)[C@H](O)[C@@H]1O. The van der Waals surface area contributed by atoms with E-state index in [0.29, 0.717) is 0 Å². The zero-order valence-electron chi connectivity index (χ0n) is 22.5. The summed E-state index contributed by atoms with van der Waals surface area (Å²) in [7, 11) is -15.9. The normalized spacial score (nSPS) is 43.7. The summed E-state index contributed by atoms with van der Waals surface area (Å²) < 4.78 is 134. The van der Waals surface area contributed by atoms with Gasteiger partial charge in [0.25, 0.3) is 0 Å². The Morgan fingerprint density at radius 1 is 0.533 bits per heavy atom. The van der Waals surface area contributed by atoms with Gasteiger partial charge in [-0.3, -0.25) is 13.7 Å².